The number of ether oxygens (including phenoxy) is 1. The molecule has 7 nitrogen and oxygen atoms in total. The zero-order valence-corrected chi connectivity index (χ0v) is 15.5. The minimum Gasteiger partial charge on any atom is -0.465 e. The van der Waals surface area contributed by atoms with Crippen LogP contribution in [0.2, 0.25) is 0 Å². The highest BCUT2D eigenvalue weighted by molar-refractivity contribution is 5.66. The van der Waals surface area contributed by atoms with E-state index in [0.29, 0.717) is 17.1 Å². The normalized spacial score (nSPS) is 11.1. The van der Waals surface area contributed by atoms with Crippen molar-refractivity contribution < 1.29 is 24.0 Å². The SMILES string of the molecule is Cc1cc(F)ccc1Oc1ccc([N+](=O)[O-])c(CN(C(=O)O)C(C)(C)C)c1. The number of hydrogen-bond donors (Lipinski definition) is 1. The molecule has 0 spiro atoms. The number of rotatable bonds is 5. The van der Waals surface area contributed by atoms with Crippen molar-refractivity contribution in [1.82, 2.24) is 4.90 Å². The molecular formula is C19H21FN2O5. The van der Waals surface area contributed by atoms with Crippen LogP contribution in [0.4, 0.5) is 14.9 Å². The molecule has 144 valence electrons. The van der Waals surface area contributed by atoms with Crippen LogP contribution in [0, 0.1) is 22.9 Å². The topological polar surface area (TPSA) is 92.9 Å². The smallest absolute Gasteiger partial charge is 0.408 e. The van der Waals surface area contributed by atoms with E-state index >= 15 is 0 Å². The van der Waals surface area contributed by atoms with E-state index in [1.54, 1.807) is 27.7 Å². The lowest BCUT2D eigenvalue weighted by Crippen LogP contribution is -2.44. The van der Waals surface area contributed by atoms with E-state index in [1.165, 1.54) is 36.4 Å². The van der Waals surface area contributed by atoms with E-state index in [4.69, 9.17) is 4.74 Å². The number of benzene rings is 2. The Bertz CT molecular complexity index is 877. The van der Waals surface area contributed by atoms with E-state index in [-0.39, 0.29) is 17.8 Å². The maximum absolute atomic E-state index is 13.2. The number of carbonyl (C=O) groups is 1. The van der Waals surface area contributed by atoms with Gasteiger partial charge in [0.05, 0.1) is 17.0 Å². The lowest BCUT2D eigenvalue weighted by atomic mass is 10.0. The Balaban J connectivity index is 2.41. The quantitative estimate of drug-likeness (QED) is 0.578. The Morgan fingerprint density at radius 2 is 1.93 bits per heavy atom. The maximum Gasteiger partial charge on any atom is 0.408 e. The van der Waals surface area contributed by atoms with Crippen LogP contribution >= 0.6 is 0 Å². The largest absolute Gasteiger partial charge is 0.465 e. The van der Waals surface area contributed by atoms with Gasteiger partial charge in [-0.2, -0.15) is 0 Å². The predicted molar refractivity (Wildman–Crippen MR) is 97.6 cm³/mol. The number of nitro benzene ring substituents is 1. The summed E-state index contributed by atoms with van der Waals surface area (Å²) < 4.78 is 18.9. The van der Waals surface area contributed by atoms with Gasteiger partial charge in [0.25, 0.3) is 5.69 Å². The van der Waals surface area contributed by atoms with Crippen LogP contribution in [0.5, 0.6) is 11.5 Å². The van der Waals surface area contributed by atoms with Crippen molar-refractivity contribution in [3.05, 3.63) is 63.5 Å². The van der Waals surface area contributed by atoms with Crippen molar-refractivity contribution in [2.75, 3.05) is 0 Å². The summed E-state index contributed by atoms with van der Waals surface area (Å²) in [4.78, 5) is 23.5. The van der Waals surface area contributed by atoms with Crippen LogP contribution in [0.1, 0.15) is 31.9 Å². The summed E-state index contributed by atoms with van der Waals surface area (Å²) in [6.45, 7) is 6.62. The summed E-state index contributed by atoms with van der Waals surface area (Å²) in [5, 5.41) is 20.8. The molecule has 0 fully saturated rings. The lowest BCUT2D eigenvalue weighted by molar-refractivity contribution is -0.385. The number of carboxylic acid groups (broad SMARTS) is 1. The van der Waals surface area contributed by atoms with Gasteiger partial charge in [0.2, 0.25) is 0 Å². The molecular weight excluding hydrogens is 355 g/mol. The van der Waals surface area contributed by atoms with Gasteiger partial charge in [0.1, 0.15) is 17.3 Å². The third kappa shape index (κ3) is 4.93. The molecule has 0 bridgehead atoms. The van der Waals surface area contributed by atoms with Crippen molar-refractivity contribution in [3.8, 4) is 11.5 Å². The molecule has 27 heavy (non-hydrogen) atoms. The Hall–Kier alpha value is -3.16. The van der Waals surface area contributed by atoms with Gasteiger partial charge < -0.3 is 9.84 Å². The standard InChI is InChI=1S/C19H21FN2O5/c1-12-9-14(20)5-8-17(12)27-15-6-7-16(22(25)26)13(10-15)11-21(18(23)24)19(2,3)4/h5-10H,11H2,1-4H3,(H,23,24). The second-order valence-corrected chi connectivity index (χ2v) is 7.10. The van der Waals surface area contributed by atoms with Crippen LogP contribution in [-0.4, -0.2) is 26.6 Å². The van der Waals surface area contributed by atoms with Crippen molar-refractivity contribution in [2.24, 2.45) is 0 Å². The fourth-order valence-corrected chi connectivity index (χ4v) is 2.55. The molecule has 0 heterocycles. The summed E-state index contributed by atoms with van der Waals surface area (Å²) in [6.07, 6.45) is -1.18. The molecule has 2 aromatic rings. The summed E-state index contributed by atoms with van der Waals surface area (Å²) in [7, 11) is 0. The van der Waals surface area contributed by atoms with Gasteiger partial charge >= 0.3 is 6.09 Å². The first-order valence-corrected chi connectivity index (χ1v) is 8.21. The number of nitrogens with zero attached hydrogens (tertiary/aromatic N) is 2. The fraction of sp³-hybridized carbons (Fsp3) is 0.316. The first-order chi connectivity index (χ1) is 12.5. The minimum absolute atomic E-state index is 0.172. The van der Waals surface area contributed by atoms with Crippen molar-refractivity contribution in [1.29, 1.82) is 0 Å². The number of halogens is 1. The zero-order chi connectivity index (χ0) is 20.4. The number of nitro groups is 1. The highest BCUT2D eigenvalue weighted by Crippen LogP contribution is 2.31. The Morgan fingerprint density at radius 3 is 2.44 bits per heavy atom. The zero-order valence-electron chi connectivity index (χ0n) is 15.5. The number of amides is 1. The molecule has 0 aliphatic carbocycles. The molecule has 8 heteroatoms. The molecule has 1 N–H and O–H groups in total. The summed E-state index contributed by atoms with van der Waals surface area (Å²) in [6, 6.07) is 8.15. The van der Waals surface area contributed by atoms with Crippen LogP contribution < -0.4 is 4.74 Å². The highest BCUT2D eigenvalue weighted by atomic mass is 19.1. The highest BCUT2D eigenvalue weighted by Gasteiger charge is 2.29. The van der Waals surface area contributed by atoms with Gasteiger partial charge in [-0.05, 0) is 63.6 Å². The molecule has 0 atom stereocenters. The second kappa shape index (κ2) is 7.61. The molecule has 0 unspecified atom stereocenters. The van der Waals surface area contributed by atoms with E-state index in [1.807, 2.05) is 0 Å². The van der Waals surface area contributed by atoms with Crippen molar-refractivity contribution >= 4 is 11.8 Å². The average Bonchev–Trinajstić information content (AvgIpc) is 2.53. The first kappa shape index (κ1) is 20.2. The second-order valence-electron chi connectivity index (χ2n) is 7.10. The first-order valence-electron chi connectivity index (χ1n) is 8.21. The summed E-state index contributed by atoms with van der Waals surface area (Å²) >= 11 is 0. The lowest BCUT2D eigenvalue weighted by Gasteiger charge is -2.33. The third-order valence-electron chi connectivity index (χ3n) is 3.98. The molecule has 2 aromatic carbocycles. The molecule has 0 aliphatic heterocycles. The Kier molecular flexibility index (Phi) is 5.68. The van der Waals surface area contributed by atoms with Crippen LogP contribution in [0.3, 0.4) is 0 Å². The summed E-state index contributed by atoms with van der Waals surface area (Å²) in [5.41, 5.74) is -0.176. The molecule has 0 aliphatic rings. The molecule has 0 saturated heterocycles. The maximum atomic E-state index is 13.2. The van der Waals surface area contributed by atoms with E-state index in [2.05, 4.69) is 0 Å². The third-order valence-corrected chi connectivity index (χ3v) is 3.98. The molecule has 2 rings (SSSR count). The Labute approximate surface area is 156 Å². The van der Waals surface area contributed by atoms with E-state index in [0.717, 1.165) is 4.90 Å². The van der Waals surface area contributed by atoms with E-state index in [9.17, 15) is 24.4 Å². The number of hydrogen-bond acceptors (Lipinski definition) is 4. The van der Waals surface area contributed by atoms with Crippen LogP contribution in [0.15, 0.2) is 36.4 Å². The molecule has 0 radical (unpaired) electrons. The fourth-order valence-electron chi connectivity index (χ4n) is 2.55. The van der Waals surface area contributed by atoms with Gasteiger partial charge in [-0.15, -0.1) is 0 Å². The molecule has 0 aromatic heterocycles. The number of aryl methyl sites for hydroxylation is 1. The van der Waals surface area contributed by atoms with Crippen LogP contribution in [0.25, 0.3) is 0 Å². The monoisotopic (exact) mass is 376 g/mol. The van der Waals surface area contributed by atoms with Gasteiger partial charge in [0, 0.05) is 11.6 Å². The molecule has 1 amide bonds. The van der Waals surface area contributed by atoms with Crippen molar-refractivity contribution in [3.63, 3.8) is 0 Å². The van der Waals surface area contributed by atoms with E-state index < -0.39 is 22.4 Å². The van der Waals surface area contributed by atoms with Crippen LogP contribution in [-0.2, 0) is 6.54 Å². The predicted octanol–water partition coefficient (Wildman–Crippen LogP) is 5.11. The van der Waals surface area contributed by atoms with Gasteiger partial charge in [0.15, 0.2) is 0 Å². The van der Waals surface area contributed by atoms with Gasteiger partial charge in [-0.25, -0.2) is 9.18 Å². The van der Waals surface area contributed by atoms with Gasteiger partial charge in [-0.1, -0.05) is 0 Å². The van der Waals surface area contributed by atoms with Gasteiger partial charge in [-0.3, -0.25) is 15.0 Å². The average molecular weight is 376 g/mol. The summed E-state index contributed by atoms with van der Waals surface area (Å²) in [5.74, 6) is 0.304. The van der Waals surface area contributed by atoms with Crippen molar-refractivity contribution in [2.45, 2.75) is 39.8 Å². The minimum atomic E-state index is -1.18. The molecule has 0 saturated carbocycles. The Morgan fingerprint density at radius 1 is 1.26 bits per heavy atom.